The van der Waals surface area contributed by atoms with Gasteiger partial charge in [-0.05, 0) is 36.5 Å². The van der Waals surface area contributed by atoms with Crippen molar-refractivity contribution in [3.05, 3.63) is 35.4 Å². The second kappa shape index (κ2) is 4.09. The van der Waals surface area contributed by atoms with E-state index in [1.54, 1.807) is 6.07 Å². The minimum Gasteiger partial charge on any atom is -0.289 e. The molecule has 0 fully saturated rings. The summed E-state index contributed by atoms with van der Waals surface area (Å²) in [6.07, 6.45) is 1.92. The molecule has 0 N–H and O–H groups in total. The first-order valence-corrected chi connectivity index (χ1v) is 5.15. The first kappa shape index (κ1) is 10.3. The summed E-state index contributed by atoms with van der Waals surface area (Å²) in [5.41, 5.74) is 1.60. The van der Waals surface area contributed by atoms with Crippen molar-refractivity contribution in [2.24, 2.45) is 10.9 Å². The Hall–Kier alpha value is -1.25. The Bertz CT molecular complexity index is 399. The zero-order valence-corrected chi connectivity index (χ0v) is 8.63. The minimum absolute atomic E-state index is 0.596. The van der Waals surface area contributed by atoms with Crippen molar-refractivity contribution < 1.29 is 8.78 Å². The van der Waals surface area contributed by atoms with Crippen molar-refractivity contribution in [1.29, 1.82) is 0 Å². The van der Waals surface area contributed by atoms with Gasteiger partial charge in [0.15, 0.2) is 11.6 Å². The van der Waals surface area contributed by atoms with E-state index in [0.29, 0.717) is 11.5 Å². The Morgan fingerprint density at radius 3 is 2.67 bits per heavy atom. The lowest BCUT2D eigenvalue weighted by Crippen LogP contribution is -2.14. The Balaban J connectivity index is 2.26. The predicted molar refractivity (Wildman–Crippen MR) is 56.2 cm³/mol. The van der Waals surface area contributed by atoms with Gasteiger partial charge in [0.25, 0.3) is 0 Å². The average molecular weight is 209 g/mol. The number of nitrogens with zero attached hydrogens (tertiary/aromatic N) is 1. The van der Waals surface area contributed by atoms with Crippen LogP contribution in [0, 0.1) is 17.6 Å². The lowest BCUT2D eigenvalue weighted by molar-refractivity contribution is 0.507. The molecule has 15 heavy (non-hydrogen) atoms. The van der Waals surface area contributed by atoms with E-state index in [4.69, 9.17) is 0 Å². The first-order valence-electron chi connectivity index (χ1n) is 5.15. The maximum atomic E-state index is 13.0. The standard InChI is InChI=1S/C12H13F2N/c1-8-2-5-12(15-7-8)9-3-4-10(13)11(14)6-9/h3-4,6,8H,2,5,7H2,1H3/t8-/m0/s1. The minimum atomic E-state index is -0.802. The van der Waals surface area contributed by atoms with Gasteiger partial charge in [-0.25, -0.2) is 8.78 Å². The monoisotopic (exact) mass is 209 g/mol. The van der Waals surface area contributed by atoms with Gasteiger partial charge < -0.3 is 0 Å². The van der Waals surface area contributed by atoms with Crippen molar-refractivity contribution in [3.63, 3.8) is 0 Å². The van der Waals surface area contributed by atoms with E-state index in [1.807, 2.05) is 0 Å². The van der Waals surface area contributed by atoms with Crippen LogP contribution in [0.1, 0.15) is 25.3 Å². The molecular weight excluding hydrogens is 196 g/mol. The summed E-state index contributed by atoms with van der Waals surface area (Å²) in [7, 11) is 0. The number of benzene rings is 1. The molecule has 0 bridgehead atoms. The van der Waals surface area contributed by atoms with Crippen LogP contribution in [-0.2, 0) is 0 Å². The lowest BCUT2D eigenvalue weighted by Gasteiger charge is -2.17. The molecule has 0 unspecified atom stereocenters. The number of hydrogen-bond donors (Lipinski definition) is 0. The fraction of sp³-hybridized carbons (Fsp3) is 0.417. The first-order chi connectivity index (χ1) is 7.16. The zero-order valence-electron chi connectivity index (χ0n) is 8.63. The second-order valence-corrected chi connectivity index (χ2v) is 4.06. The van der Waals surface area contributed by atoms with E-state index in [-0.39, 0.29) is 0 Å². The maximum Gasteiger partial charge on any atom is 0.159 e. The fourth-order valence-electron chi connectivity index (χ4n) is 1.73. The van der Waals surface area contributed by atoms with Gasteiger partial charge in [-0.2, -0.15) is 0 Å². The summed E-state index contributed by atoms with van der Waals surface area (Å²) in [6, 6.07) is 3.97. The summed E-state index contributed by atoms with van der Waals surface area (Å²) >= 11 is 0. The molecule has 0 saturated carbocycles. The smallest absolute Gasteiger partial charge is 0.159 e. The van der Waals surface area contributed by atoms with Crippen LogP contribution in [0.25, 0.3) is 0 Å². The van der Waals surface area contributed by atoms with Gasteiger partial charge in [0.1, 0.15) is 0 Å². The molecule has 1 aliphatic heterocycles. The quantitative estimate of drug-likeness (QED) is 0.673. The molecule has 80 valence electrons. The normalized spacial score (nSPS) is 21.3. The van der Waals surface area contributed by atoms with Crippen molar-refractivity contribution in [3.8, 4) is 0 Å². The van der Waals surface area contributed by atoms with Crippen LogP contribution < -0.4 is 0 Å². The Morgan fingerprint density at radius 1 is 1.27 bits per heavy atom. The van der Waals surface area contributed by atoms with Crippen molar-refractivity contribution in [2.75, 3.05) is 6.54 Å². The van der Waals surface area contributed by atoms with Gasteiger partial charge >= 0.3 is 0 Å². The van der Waals surface area contributed by atoms with E-state index in [9.17, 15) is 8.78 Å². The highest BCUT2D eigenvalue weighted by atomic mass is 19.2. The van der Waals surface area contributed by atoms with Crippen LogP contribution in [0.15, 0.2) is 23.2 Å². The van der Waals surface area contributed by atoms with E-state index in [1.165, 1.54) is 6.07 Å². The van der Waals surface area contributed by atoms with Crippen molar-refractivity contribution >= 4 is 5.71 Å². The molecule has 0 amide bonds. The highest BCUT2D eigenvalue weighted by Crippen LogP contribution is 2.19. The average Bonchev–Trinajstić information content (AvgIpc) is 2.23. The molecule has 1 aromatic carbocycles. The Kier molecular flexibility index (Phi) is 2.80. The molecule has 1 aromatic rings. The molecule has 0 aliphatic carbocycles. The molecule has 1 atom stereocenters. The van der Waals surface area contributed by atoms with Gasteiger partial charge in [0.2, 0.25) is 0 Å². The zero-order chi connectivity index (χ0) is 10.8. The highest BCUT2D eigenvalue weighted by Gasteiger charge is 2.14. The molecule has 1 nitrogen and oxygen atoms in total. The van der Waals surface area contributed by atoms with Crippen LogP contribution in [-0.4, -0.2) is 12.3 Å². The number of hydrogen-bond acceptors (Lipinski definition) is 1. The van der Waals surface area contributed by atoms with Gasteiger partial charge in [-0.15, -0.1) is 0 Å². The second-order valence-electron chi connectivity index (χ2n) is 4.06. The SMILES string of the molecule is C[C@H]1CCC(c2ccc(F)c(F)c2)=NC1. The summed E-state index contributed by atoms with van der Waals surface area (Å²) < 4.78 is 25.7. The summed E-state index contributed by atoms with van der Waals surface area (Å²) in [4.78, 5) is 4.38. The molecule has 0 spiro atoms. The maximum absolute atomic E-state index is 13.0. The predicted octanol–water partition coefficient (Wildman–Crippen LogP) is 3.18. The van der Waals surface area contributed by atoms with Crippen LogP contribution in [0.5, 0.6) is 0 Å². The van der Waals surface area contributed by atoms with E-state index in [2.05, 4.69) is 11.9 Å². The third-order valence-electron chi connectivity index (χ3n) is 2.72. The van der Waals surface area contributed by atoms with Gasteiger partial charge in [0, 0.05) is 12.3 Å². The van der Waals surface area contributed by atoms with Gasteiger partial charge in [-0.1, -0.05) is 13.0 Å². The van der Waals surface area contributed by atoms with Gasteiger partial charge in [-0.3, -0.25) is 4.99 Å². The Morgan fingerprint density at radius 2 is 2.07 bits per heavy atom. The van der Waals surface area contributed by atoms with Crippen LogP contribution in [0.3, 0.4) is 0 Å². The Labute approximate surface area is 87.8 Å². The number of halogens is 2. The lowest BCUT2D eigenvalue weighted by atomic mass is 9.96. The third-order valence-corrected chi connectivity index (χ3v) is 2.72. The largest absolute Gasteiger partial charge is 0.289 e. The third kappa shape index (κ3) is 2.22. The van der Waals surface area contributed by atoms with E-state index in [0.717, 1.165) is 31.2 Å². The molecule has 0 aromatic heterocycles. The number of rotatable bonds is 1. The van der Waals surface area contributed by atoms with E-state index >= 15 is 0 Å². The molecular formula is C12H13F2N. The summed E-state index contributed by atoms with van der Waals surface area (Å²) in [6.45, 7) is 2.93. The molecule has 0 radical (unpaired) electrons. The number of aliphatic imine (C=N–C) groups is 1. The molecule has 1 aliphatic rings. The van der Waals surface area contributed by atoms with E-state index < -0.39 is 11.6 Å². The van der Waals surface area contributed by atoms with Crippen LogP contribution >= 0.6 is 0 Å². The molecule has 2 rings (SSSR count). The van der Waals surface area contributed by atoms with Gasteiger partial charge in [0.05, 0.1) is 0 Å². The van der Waals surface area contributed by atoms with Crippen LogP contribution in [0.4, 0.5) is 8.78 Å². The van der Waals surface area contributed by atoms with Crippen molar-refractivity contribution in [2.45, 2.75) is 19.8 Å². The summed E-state index contributed by atoms with van der Waals surface area (Å²) in [5.74, 6) is -1.00. The topological polar surface area (TPSA) is 12.4 Å². The summed E-state index contributed by atoms with van der Waals surface area (Å²) in [5, 5.41) is 0. The fourth-order valence-corrected chi connectivity index (χ4v) is 1.73. The van der Waals surface area contributed by atoms with Crippen molar-refractivity contribution in [1.82, 2.24) is 0 Å². The molecule has 0 saturated heterocycles. The van der Waals surface area contributed by atoms with Crippen LogP contribution in [0.2, 0.25) is 0 Å². The molecule has 3 heteroatoms. The molecule has 1 heterocycles. The highest BCUT2D eigenvalue weighted by molar-refractivity contribution is 6.00.